The van der Waals surface area contributed by atoms with Crippen molar-refractivity contribution in [2.75, 3.05) is 23.8 Å². The van der Waals surface area contributed by atoms with Crippen LogP contribution in [0.2, 0.25) is 0 Å². The Kier molecular flexibility index (Phi) is 3.22. The lowest BCUT2D eigenvalue weighted by Gasteiger charge is -2.31. The van der Waals surface area contributed by atoms with Crippen LogP contribution in [0.15, 0.2) is 18.3 Å². The average Bonchev–Trinajstić information content (AvgIpc) is 3.05. The van der Waals surface area contributed by atoms with Crippen LogP contribution in [-0.2, 0) is 0 Å². The second-order valence-electron chi connectivity index (χ2n) is 7.28. The number of hydrogen-bond acceptors (Lipinski definition) is 6. The molecule has 1 unspecified atom stereocenters. The van der Waals surface area contributed by atoms with Gasteiger partial charge in [-0.25, -0.2) is 4.98 Å². The Hall–Kier alpha value is -2.15. The average molecular weight is 325 g/mol. The minimum Gasteiger partial charge on any atom is -0.337 e. The van der Waals surface area contributed by atoms with Crippen LogP contribution in [0.25, 0.3) is 0 Å². The molecule has 0 amide bonds. The summed E-state index contributed by atoms with van der Waals surface area (Å²) in [6.07, 6.45) is 6.80. The summed E-state index contributed by atoms with van der Waals surface area (Å²) in [7, 11) is 2.07. The van der Waals surface area contributed by atoms with Crippen LogP contribution in [-0.4, -0.2) is 45.8 Å². The fourth-order valence-corrected chi connectivity index (χ4v) is 4.24. The van der Waals surface area contributed by atoms with Crippen molar-refractivity contribution in [3.05, 3.63) is 24.0 Å². The van der Waals surface area contributed by atoms with Crippen molar-refractivity contribution in [2.24, 2.45) is 5.92 Å². The Balaban J connectivity index is 1.31. The first-order valence-electron chi connectivity index (χ1n) is 8.89. The number of aromatic amines is 1. The summed E-state index contributed by atoms with van der Waals surface area (Å²) in [5.74, 6) is 3.86. The van der Waals surface area contributed by atoms with Crippen molar-refractivity contribution >= 4 is 17.6 Å². The van der Waals surface area contributed by atoms with Gasteiger partial charge in [0.2, 0.25) is 5.95 Å². The van der Waals surface area contributed by atoms with E-state index in [0.29, 0.717) is 23.9 Å². The van der Waals surface area contributed by atoms with Crippen LogP contribution in [0, 0.1) is 5.92 Å². The maximum atomic E-state index is 4.72. The van der Waals surface area contributed by atoms with E-state index in [9.17, 15) is 0 Å². The molecule has 0 spiro atoms. The number of fused-ring (bicyclic) bond motifs is 2. The molecule has 0 aromatic carbocycles. The maximum absolute atomic E-state index is 4.72. The minimum absolute atomic E-state index is 0.564. The minimum atomic E-state index is 0.564. The van der Waals surface area contributed by atoms with Crippen LogP contribution in [0.1, 0.15) is 37.3 Å². The molecule has 7 nitrogen and oxygen atoms in total. The van der Waals surface area contributed by atoms with Gasteiger partial charge < -0.3 is 15.5 Å². The van der Waals surface area contributed by atoms with Gasteiger partial charge in [-0.2, -0.15) is 10.1 Å². The molecule has 3 atom stereocenters. The zero-order chi connectivity index (χ0) is 16.1. The zero-order valence-corrected chi connectivity index (χ0v) is 13.9. The van der Waals surface area contributed by atoms with Gasteiger partial charge in [0.1, 0.15) is 5.82 Å². The van der Waals surface area contributed by atoms with Gasteiger partial charge in [0, 0.05) is 42.5 Å². The van der Waals surface area contributed by atoms with E-state index in [1.54, 1.807) is 0 Å². The third-order valence-electron chi connectivity index (χ3n) is 5.68. The molecule has 1 saturated heterocycles. The van der Waals surface area contributed by atoms with E-state index >= 15 is 0 Å². The number of nitrogens with zero attached hydrogens (tertiary/aromatic N) is 4. The van der Waals surface area contributed by atoms with Crippen molar-refractivity contribution < 1.29 is 0 Å². The van der Waals surface area contributed by atoms with Crippen molar-refractivity contribution in [3.63, 3.8) is 0 Å². The molecule has 2 aliphatic carbocycles. The summed E-state index contributed by atoms with van der Waals surface area (Å²) < 4.78 is 0. The normalized spacial score (nSPS) is 28.5. The highest BCUT2D eigenvalue weighted by Crippen LogP contribution is 2.40. The van der Waals surface area contributed by atoms with Crippen molar-refractivity contribution in [1.29, 1.82) is 0 Å². The highest BCUT2D eigenvalue weighted by molar-refractivity contribution is 5.54. The van der Waals surface area contributed by atoms with Gasteiger partial charge in [-0.3, -0.25) is 5.10 Å². The van der Waals surface area contributed by atoms with Crippen molar-refractivity contribution in [2.45, 2.75) is 43.7 Å². The number of nitrogens with one attached hydrogen (secondary N) is 3. The van der Waals surface area contributed by atoms with Gasteiger partial charge in [0.15, 0.2) is 5.82 Å². The molecule has 3 fully saturated rings. The maximum Gasteiger partial charge on any atom is 0.227 e. The first kappa shape index (κ1) is 14.2. The van der Waals surface area contributed by atoms with E-state index in [1.165, 1.54) is 31.4 Å². The predicted molar refractivity (Wildman–Crippen MR) is 92.6 cm³/mol. The molecule has 2 bridgehead atoms. The number of hydrogen-bond donors (Lipinski definition) is 3. The summed E-state index contributed by atoms with van der Waals surface area (Å²) in [5, 5.41) is 14.2. The van der Waals surface area contributed by atoms with Crippen LogP contribution < -0.4 is 15.5 Å². The van der Waals surface area contributed by atoms with Gasteiger partial charge in [-0.05, 0) is 44.7 Å². The Morgan fingerprint density at radius 1 is 1.25 bits per heavy atom. The standard InChI is InChI=1S/C17H23N7/c1-18-13-7-12-6-11(13)9-24(12)17-19-5-4-15(21-17)20-16-8-14(22-23-16)10-2-3-10/h4-5,8,10-13,18H,2-3,6-7,9H2,1H3,(H2,19,20,21,22,23)/t11?,12-,13+/m1/s1. The first-order valence-corrected chi connectivity index (χ1v) is 8.89. The van der Waals surface area contributed by atoms with Crippen molar-refractivity contribution in [1.82, 2.24) is 25.5 Å². The number of anilines is 3. The Labute approximate surface area is 141 Å². The van der Waals surface area contributed by atoms with E-state index in [0.717, 1.165) is 24.1 Å². The Morgan fingerprint density at radius 2 is 2.17 bits per heavy atom. The molecule has 0 radical (unpaired) electrons. The number of rotatable bonds is 5. The topological polar surface area (TPSA) is 81.8 Å². The van der Waals surface area contributed by atoms with Crippen LogP contribution >= 0.6 is 0 Å². The monoisotopic (exact) mass is 325 g/mol. The van der Waals surface area contributed by atoms with Crippen LogP contribution in [0.4, 0.5) is 17.6 Å². The molecule has 126 valence electrons. The second-order valence-corrected chi connectivity index (χ2v) is 7.28. The van der Waals surface area contributed by atoms with E-state index in [2.05, 4.69) is 43.8 Å². The highest BCUT2D eigenvalue weighted by Gasteiger charge is 2.44. The molecule has 2 aromatic rings. The largest absolute Gasteiger partial charge is 0.337 e. The Morgan fingerprint density at radius 3 is 2.92 bits per heavy atom. The number of piperidine rings is 1. The predicted octanol–water partition coefficient (Wildman–Crippen LogP) is 2.01. The number of aromatic nitrogens is 4. The smallest absolute Gasteiger partial charge is 0.227 e. The van der Waals surface area contributed by atoms with Gasteiger partial charge in [-0.1, -0.05) is 0 Å². The number of H-pyrrole nitrogens is 1. The first-order chi connectivity index (χ1) is 11.8. The lowest BCUT2D eigenvalue weighted by Crippen LogP contribution is -2.43. The molecule has 5 rings (SSSR count). The fraction of sp³-hybridized carbons (Fsp3) is 0.588. The molecule has 2 saturated carbocycles. The molecule has 3 heterocycles. The zero-order valence-electron chi connectivity index (χ0n) is 13.9. The third-order valence-corrected chi connectivity index (χ3v) is 5.68. The molecule has 2 aromatic heterocycles. The lowest BCUT2D eigenvalue weighted by atomic mass is 10.0. The van der Waals surface area contributed by atoms with Gasteiger partial charge in [0.05, 0.1) is 0 Å². The molecule has 7 heteroatoms. The van der Waals surface area contributed by atoms with Gasteiger partial charge >= 0.3 is 0 Å². The summed E-state index contributed by atoms with van der Waals surface area (Å²) >= 11 is 0. The van der Waals surface area contributed by atoms with Gasteiger partial charge in [-0.15, -0.1) is 0 Å². The molecule has 3 N–H and O–H groups in total. The summed E-state index contributed by atoms with van der Waals surface area (Å²) in [4.78, 5) is 11.6. The molecular weight excluding hydrogens is 302 g/mol. The van der Waals surface area contributed by atoms with E-state index < -0.39 is 0 Å². The quantitative estimate of drug-likeness (QED) is 0.780. The van der Waals surface area contributed by atoms with E-state index in [4.69, 9.17) is 4.98 Å². The van der Waals surface area contributed by atoms with Crippen molar-refractivity contribution in [3.8, 4) is 0 Å². The molecule has 24 heavy (non-hydrogen) atoms. The Bertz CT molecular complexity index is 738. The molecular formula is C17H23N7. The van der Waals surface area contributed by atoms with Crippen LogP contribution in [0.5, 0.6) is 0 Å². The SMILES string of the molecule is CN[C@H]1C[C@H]2CC1CN2c1nccc(Nc2cc(C3CC3)[nH]n2)n1. The second kappa shape index (κ2) is 5.44. The van der Waals surface area contributed by atoms with Gasteiger partial charge in [0.25, 0.3) is 0 Å². The molecule has 3 aliphatic rings. The summed E-state index contributed by atoms with van der Waals surface area (Å²) in [6.45, 7) is 1.05. The highest BCUT2D eigenvalue weighted by atomic mass is 15.3. The molecule has 1 aliphatic heterocycles. The van der Waals surface area contributed by atoms with E-state index in [1.807, 2.05) is 12.3 Å². The summed E-state index contributed by atoms with van der Waals surface area (Å²) in [5.41, 5.74) is 1.22. The van der Waals surface area contributed by atoms with Crippen LogP contribution in [0.3, 0.4) is 0 Å². The lowest BCUT2D eigenvalue weighted by molar-refractivity contribution is 0.412. The van der Waals surface area contributed by atoms with E-state index in [-0.39, 0.29) is 0 Å². The fourth-order valence-electron chi connectivity index (χ4n) is 4.24. The third kappa shape index (κ3) is 2.43. The summed E-state index contributed by atoms with van der Waals surface area (Å²) in [6, 6.07) is 5.21.